The molecule has 18 heavy (non-hydrogen) atoms. The second-order valence-electron chi connectivity index (χ2n) is 3.34. The van der Waals surface area contributed by atoms with Crippen LogP contribution in [0.1, 0.15) is 5.56 Å². The second kappa shape index (κ2) is 4.41. The van der Waals surface area contributed by atoms with Crippen molar-refractivity contribution in [3.8, 4) is 11.4 Å². The number of nitrogens with zero attached hydrogens (tertiary/aromatic N) is 2. The van der Waals surface area contributed by atoms with E-state index in [1.54, 1.807) is 0 Å². The Balaban J connectivity index is 2.43. The van der Waals surface area contributed by atoms with Crippen LogP contribution in [0.15, 0.2) is 29.1 Å². The molecule has 0 atom stereocenters. The lowest BCUT2D eigenvalue weighted by molar-refractivity contribution is -0.137. The zero-order valence-corrected chi connectivity index (χ0v) is 9.38. The summed E-state index contributed by atoms with van der Waals surface area (Å²) < 4.78 is 37.0. The van der Waals surface area contributed by atoms with Gasteiger partial charge in [-0.15, -0.1) is 0 Å². The van der Waals surface area contributed by atoms with Gasteiger partial charge in [-0.3, -0.25) is 4.98 Å². The molecule has 0 saturated carbocycles. The fraction of sp³-hybridized carbons (Fsp3) is 0.100. The van der Waals surface area contributed by atoms with E-state index in [1.807, 2.05) is 0 Å². The van der Waals surface area contributed by atoms with Crippen LogP contribution in [-0.2, 0) is 6.18 Å². The maximum atomic E-state index is 12.3. The SMILES string of the molecule is O=c1nc(-c2ccc(C(F)(F)F)cc2)nc(Cl)[nH]1. The summed E-state index contributed by atoms with van der Waals surface area (Å²) in [4.78, 5) is 20.4. The smallest absolute Gasteiger partial charge is 0.280 e. The molecule has 4 nitrogen and oxygen atoms in total. The van der Waals surface area contributed by atoms with Crippen molar-refractivity contribution in [2.45, 2.75) is 6.18 Å². The molecule has 8 heteroatoms. The first-order chi connectivity index (χ1) is 8.36. The van der Waals surface area contributed by atoms with Gasteiger partial charge in [-0.2, -0.15) is 23.1 Å². The molecule has 0 bridgehead atoms. The van der Waals surface area contributed by atoms with Crippen LogP contribution >= 0.6 is 11.6 Å². The summed E-state index contributed by atoms with van der Waals surface area (Å²) in [6, 6.07) is 4.11. The minimum absolute atomic E-state index is 0.0301. The summed E-state index contributed by atoms with van der Waals surface area (Å²) in [6.07, 6.45) is -4.41. The average Bonchev–Trinajstić information content (AvgIpc) is 2.27. The van der Waals surface area contributed by atoms with Gasteiger partial charge in [-0.1, -0.05) is 12.1 Å². The maximum absolute atomic E-state index is 12.3. The minimum atomic E-state index is -4.41. The highest BCUT2D eigenvalue weighted by atomic mass is 35.5. The van der Waals surface area contributed by atoms with E-state index in [4.69, 9.17) is 11.6 Å². The van der Waals surface area contributed by atoms with Crippen molar-refractivity contribution >= 4 is 11.6 Å². The van der Waals surface area contributed by atoms with E-state index in [0.717, 1.165) is 12.1 Å². The number of halogens is 4. The quantitative estimate of drug-likeness (QED) is 0.870. The van der Waals surface area contributed by atoms with E-state index in [1.165, 1.54) is 12.1 Å². The topological polar surface area (TPSA) is 58.6 Å². The maximum Gasteiger partial charge on any atom is 0.416 e. The fourth-order valence-corrected chi connectivity index (χ4v) is 1.46. The molecule has 1 heterocycles. The van der Waals surface area contributed by atoms with Crippen molar-refractivity contribution in [1.82, 2.24) is 15.0 Å². The summed E-state index contributed by atoms with van der Waals surface area (Å²) in [5, 5.41) is -0.176. The van der Waals surface area contributed by atoms with E-state index < -0.39 is 17.4 Å². The number of aromatic nitrogens is 3. The van der Waals surface area contributed by atoms with Gasteiger partial charge in [0.2, 0.25) is 5.28 Å². The van der Waals surface area contributed by atoms with Gasteiger partial charge in [0.25, 0.3) is 0 Å². The number of hydrogen-bond donors (Lipinski definition) is 1. The van der Waals surface area contributed by atoms with Crippen molar-refractivity contribution in [1.29, 1.82) is 0 Å². The molecule has 0 unspecified atom stereocenters. The molecule has 1 aromatic carbocycles. The monoisotopic (exact) mass is 275 g/mol. The van der Waals surface area contributed by atoms with Gasteiger partial charge in [0.05, 0.1) is 5.56 Å². The Bertz CT molecular complexity index is 622. The first kappa shape index (κ1) is 12.6. The third-order valence-electron chi connectivity index (χ3n) is 2.09. The molecule has 0 aliphatic rings. The number of benzene rings is 1. The van der Waals surface area contributed by atoms with Crippen LogP contribution in [0.3, 0.4) is 0 Å². The van der Waals surface area contributed by atoms with E-state index in [9.17, 15) is 18.0 Å². The molecule has 0 fully saturated rings. The zero-order valence-electron chi connectivity index (χ0n) is 8.62. The van der Waals surface area contributed by atoms with E-state index in [2.05, 4.69) is 15.0 Å². The largest absolute Gasteiger partial charge is 0.416 e. The van der Waals surface area contributed by atoms with Crippen molar-refractivity contribution < 1.29 is 13.2 Å². The standard InChI is InChI=1S/C10H5ClF3N3O/c11-8-15-7(16-9(18)17-8)5-1-3-6(4-2-5)10(12,13)14/h1-4H,(H,15,16,17,18). The van der Waals surface area contributed by atoms with E-state index in [-0.39, 0.29) is 16.7 Å². The Morgan fingerprint density at radius 3 is 2.22 bits per heavy atom. The average molecular weight is 276 g/mol. The highest BCUT2D eigenvalue weighted by Gasteiger charge is 2.30. The molecule has 1 N–H and O–H groups in total. The normalized spacial score (nSPS) is 11.6. The lowest BCUT2D eigenvalue weighted by Gasteiger charge is -2.06. The highest BCUT2D eigenvalue weighted by Crippen LogP contribution is 2.30. The molecular formula is C10H5ClF3N3O. The van der Waals surface area contributed by atoms with Crippen LogP contribution in [0.2, 0.25) is 5.28 Å². The van der Waals surface area contributed by atoms with Gasteiger partial charge >= 0.3 is 11.9 Å². The molecule has 2 rings (SSSR count). The molecule has 2 aromatic rings. The van der Waals surface area contributed by atoms with Crippen molar-refractivity contribution in [3.05, 3.63) is 45.6 Å². The predicted molar refractivity (Wildman–Crippen MR) is 58.1 cm³/mol. The van der Waals surface area contributed by atoms with Gasteiger partial charge in [0, 0.05) is 5.56 Å². The molecular weight excluding hydrogens is 271 g/mol. The summed E-state index contributed by atoms with van der Waals surface area (Å²) in [5.41, 5.74) is -1.23. The van der Waals surface area contributed by atoms with Crippen molar-refractivity contribution in [2.24, 2.45) is 0 Å². The highest BCUT2D eigenvalue weighted by molar-refractivity contribution is 6.28. The first-order valence-corrected chi connectivity index (χ1v) is 5.05. The summed E-state index contributed by atoms with van der Waals surface area (Å²) in [7, 11) is 0. The Morgan fingerprint density at radius 1 is 1.11 bits per heavy atom. The van der Waals surface area contributed by atoms with E-state index >= 15 is 0 Å². The van der Waals surface area contributed by atoms with E-state index in [0.29, 0.717) is 0 Å². The number of aromatic amines is 1. The van der Waals surface area contributed by atoms with Gasteiger partial charge in [-0.25, -0.2) is 4.79 Å². The van der Waals surface area contributed by atoms with Crippen molar-refractivity contribution in [3.63, 3.8) is 0 Å². The van der Waals surface area contributed by atoms with Crippen molar-refractivity contribution in [2.75, 3.05) is 0 Å². The molecule has 0 radical (unpaired) electrons. The molecule has 0 saturated heterocycles. The van der Waals surface area contributed by atoms with Crippen LogP contribution in [0.5, 0.6) is 0 Å². The number of alkyl halides is 3. The van der Waals surface area contributed by atoms with Gasteiger partial charge in [0.15, 0.2) is 5.82 Å². The van der Waals surface area contributed by atoms with Gasteiger partial charge in [-0.05, 0) is 23.7 Å². The lowest BCUT2D eigenvalue weighted by Crippen LogP contribution is -2.13. The molecule has 94 valence electrons. The third kappa shape index (κ3) is 2.67. The van der Waals surface area contributed by atoms with Gasteiger partial charge in [0.1, 0.15) is 0 Å². The number of nitrogens with one attached hydrogen (secondary N) is 1. The second-order valence-corrected chi connectivity index (χ2v) is 3.70. The lowest BCUT2D eigenvalue weighted by atomic mass is 10.1. The minimum Gasteiger partial charge on any atom is -0.280 e. The number of hydrogen-bond acceptors (Lipinski definition) is 3. The Kier molecular flexibility index (Phi) is 3.08. The van der Waals surface area contributed by atoms with Crippen LogP contribution in [0.4, 0.5) is 13.2 Å². The molecule has 0 aliphatic carbocycles. The Hall–Kier alpha value is -1.89. The zero-order chi connectivity index (χ0) is 13.3. The Labute approximate surface area is 103 Å². The number of H-pyrrole nitrogens is 1. The Morgan fingerprint density at radius 2 is 1.72 bits per heavy atom. The van der Waals surface area contributed by atoms with Crippen LogP contribution < -0.4 is 5.69 Å². The van der Waals surface area contributed by atoms with Crippen LogP contribution in [0.25, 0.3) is 11.4 Å². The molecule has 0 amide bonds. The number of rotatable bonds is 1. The summed E-state index contributed by atoms with van der Waals surface area (Å²) in [6.45, 7) is 0. The molecule has 0 spiro atoms. The first-order valence-electron chi connectivity index (χ1n) is 4.68. The molecule has 1 aromatic heterocycles. The third-order valence-corrected chi connectivity index (χ3v) is 2.27. The predicted octanol–water partition coefficient (Wildman–Crippen LogP) is 2.50. The summed E-state index contributed by atoms with van der Waals surface area (Å²) >= 11 is 5.52. The summed E-state index contributed by atoms with van der Waals surface area (Å²) in [5.74, 6) is -0.0301. The van der Waals surface area contributed by atoms with Crippen LogP contribution in [-0.4, -0.2) is 15.0 Å². The molecule has 0 aliphatic heterocycles. The fourth-order valence-electron chi connectivity index (χ4n) is 1.30. The van der Waals surface area contributed by atoms with Gasteiger partial charge < -0.3 is 0 Å². The van der Waals surface area contributed by atoms with Crippen LogP contribution in [0, 0.1) is 0 Å².